The number of hydrogen-bond acceptors (Lipinski definition) is 11. The van der Waals surface area contributed by atoms with Gasteiger partial charge in [0.25, 0.3) is 5.56 Å². The molecule has 0 radical (unpaired) electrons. The minimum absolute atomic E-state index is 0.110. The number of aliphatic hydroxyl groups excluding tert-OH is 1. The molecular formula is C23H37ClN3O10PS. The van der Waals surface area contributed by atoms with Crippen LogP contribution in [0.4, 0.5) is 0 Å². The molecule has 13 nitrogen and oxygen atoms in total. The number of hydrogen-bond donors (Lipinski definition) is 3. The smallest absolute Gasteiger partial charge is 0.406 e. The van der Waals surface area contributed by atoms with E-state index >= 15 is 0 Å². The topological polar surface area (TPSA) is 175 Å². The van der Waals surface area contributed by atoms with Crippen LogP contribution in [0.2, 0.25) is 0 Å². The van der Waals surface area contributed by atoms with Crippen molar-refractivity contribution in [3.05, 3.63) is 33.1 Å². The zero-order valence-corrected chi connectivity index (χ0v) is 25.3. The number of thioether (sulfide) groups is 1. The summed E-state index contributed by atoms with van der Waals surface area (Å²) in [5.74, 6) is -0.562. The lowest BCUT2D eigenvalue weighted by atomic mass is 9.97. The molecule has 2 heterocycles. The van der Waals surface area contributed by atoms with Crippen molar-refractivity contribution in [3.8, 4) is 0 Å². The molecule has 0 amide bonds. The highest BCUT2D eigenvalue weighted by Gasteiger charge is 2.46. The first-order chi connectivity index (χ1) is 18.0. The molecule has 0 saturated carbocycles. The van der Waals surface area contributed by atoms with Gasteiger partial charge in [-0.15, -0.1) is 11.6 Å². The molecule has 0 aromatic carbocycles. The number of ether oxygens (including phenoxy) is 2. The van der Waals surface area contributed by atoms with Crippen LogP contribution >= 0.6 is 31.1 Å². The molecule has 1 aliphatic heterocycles. The Labute approximate surface area is 235 Å². The first kappa shape index (κ1) is 33.7. The van der Waals surface area contributed by atoms with Crippen LogP contribution in [0.3, 0.4) is 0 Å². The molecule has 16 heteroatoms. The number of carbonyl (C=O) groups excluding carboxylic acids is 2. The van der Waals surface area contributed by atoms with Crippen molar-refractivity contribution in [1.29, 1.82) is 0 Å². The van der Waals surface area contributed by atoms with Gasteiger partial charge in [0.15, 0.2) is 11.3 Å². The van der Waals surface area contributed by atoms with E-state index in [4.69, 9.17) is 30.1 Å². The maximum atomic E-state index is 13.6. The molecule has 2 rings (SSSR count). The molecule has 0 spiro atoms. The number of nitrogens with zero attached hydrogens (tertiary/aromatic N) is 1. The van der Waals surface area contributed by atoms with Crippen LogP contribution in [0.25, 0.3) is 0 Å². The molecule has 3 N–H and O–H groups in total. The van der Waals surface area contributed by atoms with Crippen LogP contribution in [-0.2, 0) is 32.7 Å². The summed E-state index contributed by atoms with van der Waals surface area (Å²) >= 11 is 7.52. The second-order valence-corrected chi connectivity index (χ2v) is 14.0. The predicted octanol–water partition coefficient (Wildman–Crippen LogP) is 2.17. The average Bonchev–Trinajstić information content (AvgIpc) is 3.14. The third kappa shape index (κ3) is 9.82. The molecule has 0 unspecified atom stereocenters. The highest BCUT2D eigenvalue weighted by Crippen LogP contribution is 2.47. The number of aliphatic hydroxyl groups is 1. The molecule has 222 valence electrons. The Balaban J connectivity index is 2.10. The van der Waals surface area contributed by atoms with Gasteiger partial charge in [-0.1, -0.05) is 11.8 Å². The highest BCUT2D eigenvalue weighted by atomic mass is 35.5. The lowest BCUT2D eigenvalue weighted by Crippen LogP contribution is -2.37. The van der Waals surface area contributed by atoms with Gasteiger partial charge >= 0.3 is 19.4 Å². The first-order valence-corrected chi connectivity index (χ1v) is 15.2. The zero-order valence-electron chi connectivity index (χ0n) is 22.8. The molecule has 5 atom stereocenters. The number of H-pyrrole nitrogens is 1. The van der Waals surface area contributed by atoms with Crippen molar-refractivity contribution in [2.24, 2.45) is 5.41 Å². The largest absolute Gasteiger partial charge is 0.462 e. The number of aromatic nitrogens is 2. The summed E-state index contributed by atoms with van der Waals surface area (Å²) in [6, 6.07) is 0.103. The predicted molar refractivity (Wildman–Crippen MR) is 146 cm³/mol. The van der Waals surface area contributed by atoms with Crippen molar-refractivity contribution >= 4 is 42.2 Å². The molecule has 1 aromatic rings. The van der Waals surface area contributed by atoms with E-state index in [0.29, 0.717) is 0 Å². The van der Waals surface area contributed by atoms with Crippen LogP contribution in [0.5, 0.6) is 0 Å². The fourth-order valence-electron chi connectivity index (χ4n) is 3.45. The van der Waals surface area contributed by atoms with Crippen molar-refractivity contribution in [2.75, 3.05) is 25.6 Å². The summed E-state index contributed by atoms with van der Waals surface area (Å²) < 4.78 is 36.9. The van der Waals surface area contributed by atoms with Crippen molar-refractivity contribution in [3.63, 3.8) is 0 Å². The lowest BCUT2D eigenvalue weighted by Gasteiger charge is -2.24. The SMILES string of the molecule is CC(C)OC(=O)[C@H](C)N[P@](=O)(OCCSC(=O)C(C)(C)CO)OC[C@@H]1C[C@@](C)(Cl)[C@H](n2ccc(=O)[nH]c2=O)O1. The number of halogens is 1. The van der Waals surface area contributed by atoms with E-state index in [1.165, 1.54) is 13.1 Å². The number of alkyl halides is 1. The quantitative estimate of drug-likeness (QED) is 0.121. The molecule has 1 aliphatic rings. The lowest BCUT2D eigenvalue weighted by molar-refractivity contribution is -0.149. The van der Waals surface area contributed by atoms with Gasteiger partial charge in [0.05, 0.1) is 42.3 Å². The third-order valence-electron chi connectivity index (χ3n) is 5.58. The Morgan fingerprint density at radius 2 is 2.03 bits per heavy atom. The van der Waals surface area contributed by atoms with Gasteiger partial charge < -0.3 is 14.6 Å². The standard InChI is InChI=1S/C23H37ClN3O10PS/c1-14(2)36-18(30)15(3)26-38(33,34-9-10-39-20(31)22(4,5)13-28)35-12-16-11-23(6,24)19(37-16)27-8-7-17(29)25-21(27)32/h7-8,14-16,19,28H,9-13H2,1-6H3,(H,26,33)(H,25,29,32)/t15-,16-,19+,23+,38-/m0/s1. The van der Waals surface area contributed by atoms with Crippen LogP contribution in [0.1, 0.15) is 54.2 Å². The van der Waals surface area contributed by atoms with E-state index < -0.39 is 59.7 Å². The molecule has 1 saturated heterocycles. The van der Waals surface area contributed by atoms with Gasteiger partial charge in [-0.05, 0) is 48.0 Å². The number of rotatable bonds is 14. The van der Waals surface area contributed by atoms with E-state index in [0.717, 1.165) is 22.4 Å². The maximum Gasteiger partial charge on any atom is 0.406 e. The van der Waals surface area contributed by atoms with E-state index in [1.807, 2.05) is 0 Å². The summed E-state index contributed by atoms with van der Waals surface area (Å²) in [5.41, 5.74) is -2.22. The fraction of sp³-hybridized carbons (Fsp3) is 0.739. The molecule has 0 aliphatic carbocycles. The van der Waals surface area contributed by atoms with Gasteiger partial charge in [-0.2, -0.15) is 0 Å². The van der Waals surface area contributed by atoms with Crippen molar-refractivity contribution in [2.45, 2.75) is 77.3 Å². The molecule has 39 heavy (non-hydrogen) atoms. The second-order valence-electron chi connectivity index (χ2n) is 10.3. The Hall–Kier alpha value is -1.51. The third-order valence-corrected chi connectivity index (χ3v) is 8.82. The summed E-state index contributed by atoms with van der Waals surface area (Å²) in [6.45, 7) is 8.84. The summed E-state index contributed by atoms with van der Waals surface area (Å²) in [4.78, 5) is 49.3. The minimum Gasteiger partial charge on any atom is -0.462 e. The minimum atomic E-state index is -4.15. The molecular weight excluding hydrogens is 577 g/mol. The summed E-state index contributed by atoms with van der Waals surface area (Å²) in [5, 5.41) is 11.6. The molecule has 1 aromatic heterocycles. The molecule has 1 fully saturated rings. The van der Waals surface area contributed by atoms with Crippen molar-refractivity contribution in [1.82, 2.24) is 14.6 Å². The van der Waals surface area contributed by atoms with Gasteiger partial charge in [0, 0.05) is 18.0 Å². The monoisotopic (exact) mass is 613 g/mol. The van der Waals surface area contributed by atoms with Crippen LogP contribution in [0, 0.1) is 5.41 Å². The fourth-order valence-corrected chi connectivity index (χ4v) is 6.21. The summed E-state index contributed by atoms with van der Waals surface area (Å²) in [7, 11) is -4.15. The van der Waals surface area contributed by atoms with Gasteiger partial charge in [0.2, 0.25) is 0 Å². The summed E-state index contributed by atoms with van der Waals surface area (Å²) in [6.07, 6.45) is -0.626. The zero-order chi connectivity index (χ0) is 29.6. The highest BCUT2D eigenvalue weighted by molar-refractivity contribution is 8.13. The van der Waals surface area contributed by atoms with E-state index in [-0.39, 0.29) is 37.1 Å². The number of nitrogens with one attached hydrogen (secondary N) is 2. The maximum absolute atomic E-state index is 13.6. The van der Waals surface area contributed by atoms with E-state index in [2.05, 4.69) is 10.1 Å². The van der Waals surface area contributed by atoms with E-state index in [1.54, 1.807) is 34.6 Å². The Morgan fingerprint density at radius 1 is 1.36 bits per heavy atom. The number of aromatic amines is 1. The van der Waals surface area contributed by atoms with Crippen LogP contribution in [0.15, 0.2) is 21.9 Å². The molecule has 0 bridgehead atoms. The Morgan fingerprint density at radius 3 is 2.62 bits per heavy atom. The first-order valence-electron chi connectivity index (χ1n) is 12.3. The number of esters is 1. The van der Waals surface area contributed by atoms with Gasteiger partial charge in [-0.25, -0.2) is 14.4 Å². The Bertz CT molecular complexity index is 1170. The van der Waals surface area contributed by atoms with Gasteiger partial charge in [-0.3, -0.25) is 33.0 Å². The average molecular weight is 614 g/mol. The van der Waals surface area contributed by atoms with Crippen LogP contribution in [-0.4, -0.2) is 74.4 Å². The van der Waals surface area contributed by atoms with Crippen LogP contribution < -0.4 is 16.3 Å². The van der Waals surface area contributed by atoms with Gasteiger partial charge in [0.1, 0.15) is 6.04 Å². The second kappa shape index (κ2) is 13.9. The Kier molecular flexibility index (Phi) is 12.0. The van der Waals surface area contributed by atoms with Crippen molar-refractivity contribution < 1.29 is 37.8 Å². The van der Waals surface area contributed by atoms with E-state index in [9.17, 15) is 28.8 Å². The number of carbonyl (C=O) groups is 2. The normalized spacial score (nSPS) is 23.9.